The molecule has 0 unspecified atom stereocenters. The Kier molecular flexibility index (Phi) is 6.06. The number of thiophene rings is 1. The summed E-state index contributed by atoms with van der Waals surface area (Å²) in [5, 5.41) is 3.43. The largest absolute Gasteiger partial charge is 0.420 e. The van der Waals surface area contributed by atoms with E-state index in [0.717, 1.165) is 48.4 Å². The summed E-state index contributed by atoms with van der Waals surface area (Å²) in [6.07, 6.45) is 3.09. The summed E-state index contributed by atoms with van der Waals surface area (Å²) in [5.74, 6) is -1.03. The van der Waals surface area contributed by atoms with E-state index in [1.165, 1.54) is 15.9 Å². The molecule has 2 aromatic heterocycles. The molecule has 0 radical (unpaired) electrons. The molecule has 1 N–H and O–H groups in total. The van der Waals surface area contributed by atoms with Crippen molar-refractivity contribution in [1.82, 2.24) is 9.47 Å². The first kappa shape index (κ1) is 22.2. The van der Waals surface area contributed by atoms with Crippen LogP contribution in [0.5, 0.6) is 0 Å². The molecule has 1 fully saturated rings. The van der Waals surface area contributed by atoms with Crippen LogP contribution in [0.3, 0.4) is 0 Å². The van der Waals surface area contributed by atoms with E-state index < -0.39 is 5.76 Å². The smallest absolute Gasteiger partial charge is 0.408 e. The second-order valence-electron chi connectivity index (χ2n) is 8.45. The fourth-order valence-corrected chi connectivity index (χ4v) is 5.67. The number of carbonyl (C=O) groups excluding carboxylic acids is 2. The molecule has 0 aliphatic carbocycles. The van der Waals surface area contributed by atoms with Gasteiger partial charge in [-0.1, -0.05) is 42.5 Å². The Morgan fingerprint density at radius 2 is 1.71 bits per heavy atom. The van der Waals surface area contributed by atoms with Crippen LogP contribution >= 0.6 is 11.3 Å². The summed E-state index contributed by atoms with van der Waals surface area (Å²) in [6.45, 7) is 3.17. The summed E-state index contributed by atoms with van der Waals surface area (Å²) >= 11 is 1.39. The van der Waals surface area contributed by atoms with Gasteiger partial charge >= 0.3 is 5.76 Å². The van der Waals surface area contributed by atoms with Gasteiger partial charge in [0.2, 0.25) is 5.91 Å². The van der Waals surface area contributed by atoms with Gasteiger partial charge in [0.05, 0.1) is 11.1 Å². The molecule has 8 heteroatoms. The lowest BCUT2D eigenvalue weighted by Gasteiger charge is -2.27. The van der Waals surface area contributed by atoms with Gasteiger partial charge in [0, 0.05) is 18.0 Å². The highest BCUT2D eigenvalue weighted by Gasteiger charge is 2.28. The second kappa shape index (κ2) is 9.30. The first-order valence-corrected chi connectivity index (χ1v) is 12.2. The molecule has 5 rings (SSSR count). The SMILES string of the molecule is Cc1c(-c2ccccc2)sc(NC(=O)Cn2c(=O)oc3ccccc32)c1C(=O)N1CCCCC1. The molecule has 2 amide bonds. The zero-order chi connectivity index (χ0) is 23.7. The van der Waals surface area contributed by atoms with Crippen molar-refractivity contribution in [3.63, 3.8) is 0 Å². The Balaban J connectivity index is 1.49. The number of nitrogens with one attached hydrogen (secondary N) is 1. The van der Waals surface area contributed by atoms with Crippen LogP contribution in [0.1, 0.15) is 35.2 Å². The number of para-hydroxylation sites is 2. The first-order chi connectivity index (χ1) is 16.5. The number of likely N-dealkylation sites (tertiary alicyclic amines) is 1. The second-order valence-corrected chi connectivity index (χ2v) is 9.47. The number of piperidine rings is 1. The van der Waals surface area contributed by atoms with Gasteiger partial charge in [-0.2, -0.15) is 0 Å². The number of nitrogens with zero attached hydrogens (tertiary/aromatic N) is 2. The summed E-state index contributed by atoms with van der Waals surface area (Å²) in [6, 6.07) is 16.8. The zero-order valence-corrected chi connectivity index (χ0v) is 19.7. The molecule has 7 nitrogen and oxygen atoms in total. The van der Waals surface area contributed by atoms with Gasteiger partial charge in [0.15, 0.2) is 5.58 Å². The van der Waals surface area contributed by atoms with Gasteiger partial charge in [0.1, 0.15) is 11.5 Å². The Hall–Kier alpha value is -3.65. The van der Waals surface area contributed by atoms with E-state index in [4.69, 9.17) is 4.42 Å². The number of carbonyl (C=O) groups is 2. The molecular weight excluding hydrogens is 450 g/mol. The number of oxazole rings is 1. The number of benzene rings is 2. The van der Waals surface area contributed by atoms with E-state index in [9.17, 15) is 14.4 Å². The first-order valence-electron chi connectivity index (χ1n) is 11.4. The molecule has 174 valence electrons. The topological polar surface area (TPSA) is 84.5 Å². The number of aromatic nitrogens is 1. The Labute approximate surface area is 200 Å². The van der Waals surface area contributed by atoms with Crippen molar-refractivity contribution in [2.45, 2.75) is 32.7 Å². The quantitative estimate of drug-likeness (QED) is 0.445. The highest BCUT2D eigenvalue weighted by atomic mass is 32.1. The molecular formula is C26H25N3O4S. The van der Waals surface area contributed by atoms with Crippen LogP contribution in [0.4, 0.5) is 5.00 Å². The molecule has 3 heterocycles. The fraction of sp³-hybridized carbons (Fsp3) is 0.269. The van der Waals surface area contributed by atoms with Crippen molar-refractivity contribution in [3.05, 3.63) is 76.3 Å². The number of hydrogen-bond donors (Lipinski definition) is 1. The van der Waals surface area contributed by atoms with Crippen LogP contribution in [-0.2, 0) is 11.3 Å². The third-order valence-electron chi connectivity index (χ3n) is 6.17. The van der Waals surface area contributed by atoms with Crippen molar-refractivity contribution >= 4 is 39.3 Å². The van der Waals surface area contributed by atoms with Crippen LogP contribution in [0.2, 0.25) is 0 Å². The molecule has 1 saturated heterocycles. The average molecular weight is 476 g/mol. The average Bonchev–Trinajstić information content (AvgIpc) is 3.35. The van der Waals surface area contributed by atoms with Crippen molar-refractivity contribution in [1.29, 1.82) is 0 Å². The highest BCUT2D eigenvalue weighted by Crippen LogP contribution is 2.40. The molecule has 0 bridgehead atoms. The highest BCUT2D eigenvalue weighted by molar-refractivity contribution is 7.20. The maximum Gasteiger partial charge on any atom is 0.420 e. The number of rotatable bonds is 5. The minimum atomic E-state index is -0.590. The minimum Gasteiger partial charge on any atom is -0.408 e. The number of fused-ring (bicyclic) bond motifs is 1. The Bertz CT molecular complexity index is 1410. The summed E-state index contributed by atoms with van der Waals surface area (Å²) in [5.41, 5.74) is 3.37. The van der Waals surface area contributed by atoms with Crippen LogP contribution < -0.4 is 11.1 Å². The van der Waals surface area contributed by atoms with Crippen LogP contribution in [0.15, 0.2) is 63.8 Å². The van der Waals surface area contributed by atoms with Gasteiger partial charge in [-0.05, 0) is 49.4 Å². The van der Waals surface area contributed by atoms with Gasteiger partial charge in [-0.15, -0.1) is 11.3 Å². The Morgan fingerprint density at radius 3 is 2.47 bits per heavy atom. The summed E-state index contributed by atoms with van der Waals surface area (Å²) < 4.78 is 6.54. The molecule has 4 aromatic rings. The maximum atomic E-state index is 13.5. The third kappa shape index (κ3) is 4.17. The van der Waals surface area contributed by atoms with E-state index >= 15 is 0 Å². The molecule has 2 aromatic carbocycles. The van der Waals surface area contributed by atoms with E-state index in [0.29, 0.717) is 21.7 Å². The van der Waals surface area contributed by atoms with E-state index in [-0.39, 0.29) is 18.4 Å². The van der Waals surface area contributed by atoms with Gasteiger partial charge < -0.3 is 14.6 Å². The molecule has 0 atom stereocenters. The van der Waals surface area contributed by atoms with Crippen molar-refractivity contribution in [2.24, 2.45) is 0 Å². The maximum absolute atomic E-state index is 13.5. The lowest BCUT2D eigenvalue weighted by atomic mass is 10.0. The summed E-state index contributed by atoms with van der Waals surface area (Å²) in [4.78, 5) is 41.7. The van der Waals surface area contributed by atoms with Gasteiger partial charge in [-0.25, -0.2) is 4.79 Å². The molecule has 0 spiro atoms. The third-order valence-corrected chi connectivity index (χ3v) is 7.42. The fourth-order valence-electron chi connectivity index (χ4n) is 4.45. The number of anilines is 1. The van der Waals surface area contributed by atoms with Crippen molar-refractivity contribution in [3.8, 4) is 10.4 Å². The van der Waals surface area contributed by atoms with Gasteiger partial charge in [-0.3, -0.25) is 14.2 Å². The minimum absolute atomic E-state index is 0.0585. The van der Waals surface area contributed by atoms with E-state index in [2.05, 4.69) is 5.32 Å². The normalized spacial score (nSPS) is 13.9. The van der Waals surface area contributed by atoms with Crippen LogP contribution in [0, 0.1) is 6.92 Å². The van der Waals surface area contributed by atoms with E-state index in [1.807, 2.05) is 42.2 Å². The molecule has 1 aliphatic heterocycles. The zero-order valence-electron chi connectivity index (χ0n) is 18.9. The van der Waals surface area contributed by atoms with Crippen LogP contribution in [-0.4, -0.2) is 34.4 Å². The number of hydrogen-bond acceptors (Lipinski definition) is 5. The molecule has 34 heavy (non-hydrogen) atoms. The lowest BCUT2D eigenvalue weighted by Crippen LogP contribution is -2.36. The van der Waals surface area contributed by atoms with Gasteiger partial charge in [0.25, 0.3) is 5.91 Å². The lowest BCUT2D eigenvalue weighted by molar-refractivity contribution is -0.116. The van der Waals surface area contributed by atoms with E-state index in [1.54, 1.807) is 24.3 Å². The molecule has 1 aliphatic rings. The Morgan fingerprint density at radius 1 is 1.00 bits per heavy atom. The predicted molar refractivity (Wildman–Crippen MR) is 133 cm³/mol. The predicted octanol–water partition coefficient (Wildman–Crippen LogP) is 4.90. The van der Waals surface area contributed by atoms with Crippen molar-refractivity contribution < 1.29 is 14.0 Å². The number of amides is 2. The monoisotopic (exact) mass is 475 g/mol. The van der Waals surface area contributed by atoms with Crippen LogP contribution in [0.25, 0.3) is 21.5 Å². The van der Waals surface area contributed by atoms with Crippen molar-refractivity contribution in [2.75, 3.05) is 18.4 Å². The standard InChI is InChI=1S/C26H25N3O4S/c1-17-22(25(31)28-14-8-3-9-15-28)24(34-23(17)18-10-4-2-5-11-18)27-21(30)16-29-19-12-6-7-13-20(19)33-26(29)32/h2,4-7,10-13H,3,8-9,14-16H2,1H3,(H,27,30). The molecule has 0 saturated carbocycles. The summed E-state index contributed by atoms with van der Waals surface area (Å²) in [7, 11) is 0.